The van der Waals surface area contributed by atoms with E-state index < -0.39 is 75.0 Å². The van der Waals surface area contributed by atoms with Gasteiger partial charge in [0.15, 0.2) is 13.2 Å². The molecule has 2 unspecified atom stereocenters. The Bertz CT molecular complexity index is 717. The Labute approximate surface area is 146 Å². The van der Waals surface area contributed by atoms with Crippen molar-refractivity contribution in [2.75, 3.05) is 18.3 Å². The van der Waals surface area contributed by atoms with Gasteiger partial charge in [-0.15, -0.1) is 0 Å². The van der Waals surface area contributed by atoms with Crippen molar-refractivity contribution in [2.24, 2.45) is 0 Å². The number of alkyl halides is 6. The lowest BCUT2D eigenvalue weighted by molar-refractivity contribution is -0.200. The molecule has 0 aliphatic carbocycles. The van der Waals surface area contributed by atoms with Crippen molar-refractivity contribution < 1.29 is 70.6 Å². The summed E-state index contributed by atoms with van der Waals surface area (Å²) in [5.74, 6) is -4.50. The van der Waals surface area contributed by atoms with Gasteiger partial charge in [-0.05, 0) is 0 Å². The van der Waals surface area contributed by atoms with E-state index in [0.717, 1.165) is 0 Å². The molecule has 10 nitrogen and oxygen atoms in total. The number of ether oxygens (including phenoxy) is 2. The third kappa shape index (κ3) is 8.26. The summed E-state index contributed by atoms with van der Waals surface area (Å²) in [6.07, 6.45) is -16.2. The smallest absolute Gasteiger partial charge is 0.422 e. The van der Waals surface area contributed by atoms with Gasteiger partial charge in [0.05, 0.1) is 0 Å². The molecule has 0 amide bonds. The highest BCUT2D eigenvalue weighted by Crippen LogP contribution is 2.24. The van der Waals surface area contributed by atoms with E-state index in [4.69, 9.17) is 0 Å². The number of hydrogen-bond donors (Lipinski definition) is 0. The monoisotopic (exact) mass is 454 g/mol. The second kappa shape index (κ2) is 7.76. The van der Waals surface area contributed by atoms with Crippen LogP contribution in [0.15, 0.2) is 0 Å². The zero-order valence-electron chi connectivity index (χ0n) is 12.4. The molecule has 1 saturated heterocycles. The highest BCUT2D eigenvalue weighted by molar-refractivity contribution is 8.03. The quantitative estimate of drug-likeness (QED) is 0.313. The number of carbonyl (C=O) groups is 2. The van der Waals surface area contributed by atoms with E-state index in [1.807, 2.05) is 0 Å². The minimum atomic E-state index is -5.21. The summed E-state index contributed by atoms with van der Waals surface area (Å²) < 4.78 is 133. The minimum absolute atomic E-state index is 1.98. The molecule has 1 rings (SSSR count). The molecule has 1 heterocycles. The van der Waals surface area contributed by atoms with Crippen molar-refractivity contribution >= 4 is 32.2 Å². The van der Waals surface area contributed by atoms with Crippen molar-refractivity contribution in [3.63, 3.8) is 0 Å². The fourth-order valence-corrected chi connectivity index (χ4v) is 4.29. The Morgan fingerprint density at radius 3 is 1.33 bits per heavy atom. The summed E-state index contributed by atoms with van der Waals surface area (Å²) in [5, 5.41) is -1.98. The van der Waals surface area contributed by atoms with Crippen molar-refractivity contribution in [1.82, 2.24) is 0 Å². The predicted octanol–water partition coefficient (Wildman–Crippen LogP) is -0.401. The van der Waals surface area contributed by atoms with Crippen LogP contribution in [0.4, 0.5) is 26.3 Å². The van der Waals surface area contributed by atoms with E-state index >= 15 is 0 Å². The summed E-state index contributed by atoms with van der Waals surface area (Å²) in [4.78, 5) is 23.2. The molecule has 1 aliphatic heterocycles. The second-order valence-electron chi connectivity index (χ2n) is 4.71. The molecule has 0 radical (unpaired) electrons. The van der Waals surface area contributed by atoms with Gasteiger partial charge in [0.25, 0.3) is 20.2 Å². The molecular formula is C9H8F6O10S2. The zero-order valence-corrected chi connectivity index (χ0v) is 14.1. The van der Waals surface area contributed by atoms with E-state index in [9.17, 15) is 52.8 Å². The Morgan fingerprint density at radius 2 is 1.07 bits per heavy atom. The molecular weight excluding hydrogens is 446 g/mol. The van der Waals surface area contributed by atoms with E-state index in [0.29, 0.717) is 0 Å². The molecule has 0 bridgehead atoms. The molecule has 1 fully saturated rings. The fraction of sp³-hybridized carbons (Fsp3) is 0.778. The maximum Gasteiger partial charge on any atom is 0.422 e. The number of halogens is 6. The van der Waals surface area contributed by atoms with E-state index in [1.54, 1.807) is 0 Å². The topological polar surface area (TPSA) is 139 Å². The van der Waals surface area contributed by atoms with Gasteiger partial charge in [0, 0.05) is 0 Å². The van der Waals surface area contributed by atoms with Crippen LogP contribution in [0.1, 0.15) is 0 Å². The molecule has 0 aromatic carbocycles. The predicted molar refractivity (Wildman–Crippen MR) is 66.5 cm³/mol. The highest BCUT2D eigenvalue weighted by atomic mass is 32.3. The fourth-order valence-electron chi connectivity index (χ4n) is 1.45. The van der Waals surface area contributed by atoms with Crippen LogP contribution >= 0.6 is 0 Å². The van der Waals surface area contributed by atoms with Gasteiger partial charge in [0.1, 0.15) is 0 Å². The first kappa shape index (κ1) is 23.4. The lowest BCUT2D eigenvalue weighted by Crippen LogP contribution is -2.46. The van der Waals surface area contributed by atoms with Crippen molar-refractivity contribution in [2.45, 2.75) is 24.6 Å². The third-order valence-corrected chi connectivity index (χ3v) is 5.60. The Hall–Kier alpha value is -1.66. The van der Waals surface area contributed by atoms with Gasteiger partial charge in [-0.2, -0.15) is 43.2 Å². The summed E-state index contributed by atoms with van der Waals surface area (Å²) in [5.41, 5.74) is 0. The highest BCUT2D eigenvalue weighted by Gasteiger charge is 2.50. The maximum absolute atomic E-state index is 12.1. The van der Waals surface area contributed by atoms with Crippen LogP contribution in [-0.2, 0) is 47.7 Å². The minimum Gasteiger partial charge on any atom is -0.454 e. The van der Waals surface area contributed by atoms with Crippen LogP contribution in [0, 0.1) is 0 Å². The van der Waals surface area contributed by atoms with Gasteiger partial charge in [-0.1, -0.05) is 0 Å². The lowest BCUT2D eigenvalue weighted by Gasteiger charge is -2.20. The summed E-state index contributed by atoms with van der Waals surface area (Å²) in [6, 6.07) is 0. The Morgan fingerprint density at radius 1 is 0.778 bits per heavy atom. The molecule has 1 aliphatic rings. The van der Waals surface area contributed by atoms with Crippen LogP contribution in [0.5, 0.6) is 0 Å². The van der Waals surface area contributed by atoms with Crippen LogP contribution in [-0.4, -0.2) is 71.6 Å². The number of esters is 2. The molecule has 0 aromatic rings. The summed E-state index contributed by atoms with van der Waals surface area (Å²) in [7, 11) is -10.4. The average molecular weight is 454 g/mol. The van der Waals surface area contributed by atoms with Gasteiger partial charge in [0.2, 0.25) is 17.3 Å². The average Bonchev–Trinajstić information content (AvgIpc) is 2.52. The van der Waals surface area contributed by atoms with Crippen molar-refractivity contribution in [1.29, 1.82) is 0 Å². The molecule has 158 valence electrons. The zero-order chi connectivity index (χ0) is 21.3. The first-order valence-corrected chi connectivity index (χ1v) is 9.35. The van der Waals surface area contributed by atoms with E-state index in [1.165, 1.54) is 0 Å². The van der Waals surface area contributed by atoms with Crippen molar-refractivity contribution in [3.8, 4) is 0 Å². The Kier molecular flexibility index (Phi) is 6.72. The largest absolute Gasteiger partial charge is 0.454 e. The number of carbonyl (C=O) groups excluding carboxylic acids is 2. The van der Waals surface area contributed by atoms with Gasteiger partial charge in [-0.25, -0.2) is 9.59 Å². The van der Waals surface area contributed by atoms with Gasteiger partial charge in [-0.3, -0.25) is 8.37 Å². The SMILES string of the molecule is O=C(OCC(F)(F)F)C1OS(=O)(=O)CS(=O)(=O)OC1C(=O)OCC(F)(F)F. The summed E-state index contributed by atoms with van der Waals surface area (Å²) in [6.45, 7) is -4.61. The molecule has 18 heteroatoms. The number of hydrogen-bond acceptors (Lipinski definition) is 10. The standard InChI is InChI=1S/C9H8F6O10S2/c10-8(11,12)1-22-6(16)4-5(7(17)23-2-9(13,14)15)25-27(20,21)3-26(18,19)24-4/h4-5H,1-3H2. The number of rotatable bonds is 4. The van der Waals surface area contributed by atoms with Gasteiger partial charge < -0.3 is 9.47 Å². The maximum atomic E-state index is 12.1. The molecule has 0 aromatic heterocycles. The summed E-state index contributed by atoms with van der Waals surface area (Å²) >= 11 is 0. The normalized spacial score (nSPS) is 25.3. The lowest BCUT2D eigenvalue weighted by atomic mass is 10.2. The first-order valence-electron chi connectivity index (χ1n) is 6.19. The molecule has 0 spiro atoms. The molecule has 2 atom stereocenters. The van der Waals surface area contributed by atoms with Gasteiger partial charge >= 0.3 is 24.3 Å². The van der Waals surface area contributed by atoms with E-state index in [2.05, 4.69) is 17.8 Å². The molecule has 0 saturated carbocycles. The first-order chi connectivity index (χ1) is 11.9. The van der Waals surface area contributed by atoms with Crippen LogP contribution in [0.3, 0.4) is 0 Å². The van der Waals surface area contributed by atoms with Crippen LogP contribution in [0.25, 0.3) is 0 Å². The molecule has 27 heavy (non-hydrogen) atoms. The van der Waals surface area contributed by atoms with E-state index in [-0.39, 0.29) is 0 Å². The second-order valence-corrected chi connectivity index (χ2v) is 8.27. The molecule has 0 N–H and O–H groups in total. The Balaban J connectivity index is 3.16. The van der Waals surface area contributed by atoms with Crippen LogP contribution < -0.4 is 0 Å². The van der Waals surface area contributed by atoms with Crippen LogP contribution in [0.2, 0.25) is 0 Å². The van der Waals surface area contributed by atoms with Crippen molar-refractivity contribution in [3.05, 3.63) is 0 Å². The third-order valence-electron chi connectivity index (χ3n) is 2.28.